The summed E-state index contributed by atoms with van der Waals surface area (Å²) in [4.78, 5) is 13.2. The van der Waals surface area contributed by atoms with Gasteiger partial charge in [-0.2, -0.15) is 0 Å². The van der Waals surface area contributed by atoms with Gasteiger partial charge in [0.15, 0.2) is 0 Å². The van der Waals surface area contributed by atoms with Crippen molar-refractivity contribution in [3.63, 3.8) is 0 Å². The van der Waals surface area contributed by atoms with Gasteiger partial charge in [-0.05, 0) is 30.7 Å². The van der Waals surface area contributed by atoms with E-state index in [9.17, 15) is 0 Å². The van der Waals surface area contributed by atoms with Crippen LogP contribution in [0.4, 0.5) is 5.82 Å². The van der Waals surface area contributed by atoms with Crippen LogP contribution in [0, 0.1) is 0 Å². The Kier molecular flexibility index (Phi) is 4.71. The topological polar surface area (TPSA) is 62.3 Å². The van der Waals surface area contributed by atoms with Crippen LogP contribution in [-0.2, 0) is 4.74 Å². The third kappa shape index (κ3) is 3.30. The van der Waals surface area contributed by atoms with Crippen molar-refractivity contribution < 1.29 is 4.74 Å². The van der Waals surface area contributed by atoms with Crippen LogP contribution in [0.15, 0.2) is 30.5 Å². The second kappa shape index (κ2) is 7.33. The predicted octanol–water partition coefficient (Wildman–Crippen LogP) is 3.39. The Morgan fingerprint density at radius 1 is 1.22 bits per heavy atom. The maximum atomic E-state index is 6.23. The van der Waals surface area contributed by atoms with Crippen LogP contribution in [0.3, 0.4) is 0 Å². The number of morpholine rings is 1. The molecule has 0 spiro atoms. The van der Waals surface area contributed by atoms with Gasteiger partial charge in [0.2, 0.25) is 0 Å². The first kappa shape index (κ1) is 17.3. The number of rotatable bonds is 3. The first-order valence-electron chi connectivity index (χ1n) is 9.16. The first-order chi connectivity index (χ1) is 13.3. The van der Waals surface area contributed by atoms with Crippen molar-refractivity contribution in [1.29, 1.82) is 0 Å². The van der Waals surface area contributed by atoms with Gasteiger partial charge in [0.05, 0.1) is 34.8 Å². The molecule has 2 saturated heterocycles. The van der Waals surface area contributed by atoms with Gasteiger partial charge < -0.3 is 9.64 Å². The van der Waals surface area contributed by atoms with Crippen molar-refractivity contribution in [2.24, 2.45) is 0 Å². The molecule has 2 N–H and O–H groups in total. The molecule has 0 radical (unpaired) electrons. The number of nitrogens with one attached hydrogen (secondary N) is 2. The molecule has 2 aliphatic rings. The molecule has 0 bridgehead atoms. The maximum Gasteiger partial charge on any atom is 0.130 e. The molecule has 0 saturated carbocycles. The molecule has 1 unspecified atom stereocenters. The Bertz CT molecular complexity index is 966. The molecule has 5 rings (SSSR count). The molecule has 0 amide bonds. The van der Waals surface area contributed by atoms with Crippen LogP contribution in [0.25, 0.3) is 21.3 Å². The number of aromatic nitrogens is 2. The molecule has 3 aromatic heterocycles. The van der Waals surface area contributed by atoms with Gasteiger partial charge in [-0.1, -0.05) is 11.6 Å². The van der Waals surface area contributed by atoms with Crippen LogP contribution in [0.2, 0.25) is 4.34 Å². The summed E-state index contributed by atoms with van der Waals surface area (Å²) >= 11 is 7.83. The Hall–Kier alpha value is -1.77. The van der Waals surface area contributed by atoms with Crippen molar-refractivity contribution in [3.05, 3.63) is 40.5 Å². The Morgan fingerprint density at radius 3 is 2.85 bits per heavy atom. The van der Waals surface area contributed by atoms with Crippen molar-refractivity contribution in [2.45, 2.75) is 12.5 Å². The van der Waals surface area contributed by atoms with Crippen LogP contribution in [0.1, 0.15) is 18.2 Å². The van der Waals surface area contributed by atoms with Gasteiger partial charge in [0, 0.05) is 41.7 Å². The number of hydrazine groups is 1. The monoisotopic (exact) mass is 401 g/mol. The molecular weight excluding hydrogens is 382 g/mol. The van der Waals surface area contributed by atoms with Gasteiger partial charge in [0.1, 0.15) is 5.82 Å². The summed E-state index contributed by atoms with van der Waals surface area (Å²) in [6, 6.07) is 8.44. The van der Waals surface area contributed by atoms with Crippen LogP contribution in [0.5, 0.6) is 0 Å². The standard InChI is InChI=1S/C19H20ClN5OS/c20-16-2-1-15(27-16)13-11-17(25-7-9-26-10-8-25)23-18-12(13)3-5-21-19(18)14-4-6-22-24-14/h1-3,5,11,14,22,24H,4,6-10H2. The molecule has 0 aliphatic carbocycles. The lowest BCUT2D eigenvalue weighted by Crippen LogP contribution is -2.36. The van der Waals surface area contributed by atoms with E-state index in [0.29, 0.717) is 0 Å². The normalized spacial score (nSPS) is 20.5. The van der Waals surface area contributed by atoms with Gasteiger partial charge in [-0.3, -0.25) is 10.4 Å². The largest absolute Gasteiger partial charge is 0.378 e. The van der Waals surface area contributed by atoms with E-state index in [2.05, 4.69) is 38.9 Å². The quantitative estimate of drug-likeness (QED) is 0.701. The summed E-state index contributed by atoms with van der Waals surface area (Å²) < 4.78 is 6.31. The van der Waals surface area contributed by atoms with Crippen molar-refractivity contribution in [3.8, 4) is 10.4 Å². The number of nitrogens with zero attached hydrogens (tertiary/aromatic N) is 3. The lowest BCUT2D eigenvalue weighted by Gasteiger charge is -2.28. The van der Waals surface area contributed by atoms with Gasteiger partial charge in [-0.25, -0.2) is 10.4 Å². The fraction of sp³-hybridized carbons (Fsp3) is 0.368. The maximum absolute atomic E-state index is 6.23. The summed E-state index contributed by atoms with van der Waals surface area (Å²) in [5.41, 5.74) is 9.64. The molecular formula is C19H20ClN5OS. The van der Waals surface area contributed by atoms with E-state index in [-0.39, 0.29) is 6.04 Å². The van der Waals surface area contributed by atoms with E-state index in [1.54, 1.807) is 11.3 Å². The van der Waals surface area contributed by atoms with Crippen LogP contribution >= 0.6 is 22.9 Å². The fourth-order valence-electron chi connectivity index (χ4n) is 3.72. The zero-order chi connectivity index (χ0) is 18.2. The van der Waals surface area contributed by atoms with E-state index in [4.69, 9.17) is 21.3 Å². The zero-order valence-electron chi connectivity index (χ0n) is 14.7. The molecule has 6 nitrogen and oxygen atoms in total. The Balaban J connectivity index is 1.72. The Labute approximate surface area is 166 Å². The fourth-order valence-corrected chi connectivity index (χ4v) is 4.79. The molecule has 3 aromatic rings. The second-order valence-electron chi connectivity index (χ2n) is 6.74. The van der Waals surface area contributed by atoms with Crippen molar-refractivity contribution in [1.82, 2.24) is 20.8 Å². The smallest absolute Gasteiger partial charge is 0.130 e. The molecule has 2 aliphatic heterocycles. The van der Waals surface area contributed by atoms with Crippen molar-refractivity contribution in [2.75, 3.05) is 37.7 Å². The molecule has 5 heterocycles. The first-order valence-corrected chi connectivity index (χ1v) is 10.4. The highest BCUT2D eigenvalue weighted by atomic mass is 35.5. The predicted molar refractivity (Wildman–Crippen MR) is 109 cm³/mol. The summed E-state index contributed by atoms with van der Waals surface area (Å²) in [7, 11) is 0. The Morgan fingerprint density at radius 2 is 2.11 bits per heavy atom. The van der Waals surface area contributed by atoms with E-state index in [1.807, 2.05) is 12.3 Å². The number of ether oxygens (including phenoxy) is 1. The zero-order valence-corrected chi connectivity index (χ0v) is 16.3. The number of fused-ring (bicyclic) bond motifs is 1. The minimum absolute atomic E-state index is 0.168. The second-order valence-corrected chi connectivity index (χ2v) is 8.45. The van der Waals surface area contributed by atoms with E-state index in [0.717, 1.165) is 76.5 Å². The number of thiophene rings is 1. The minimum atomic E-state index is 0.168. The third-order valence-electron chi connectivity index (χ3n) is 5.08. The van der Waals surface area contributed by atoms with E-state index < -0.39 is 0 Å². The molecule has 0 aromatic carbocycles. The highest BCUT2D eigenvalue weighted by Crippen LogP contribution is 2.38. The number of anilines is 1. The summed E-state index contributed by atoms with van der Waals surface area (Å²) in [5, 5.41) is 1.12. The average Bonchev–Trinajstić information content (AvgIpc) is 3.39. The number of hydrogen-bond donors (Lipinski definition) is 2. The molecule has 1 atom stereocenters. The lowest BCUT2D eigenvalue weighted by atomic mass is 10.0. The third-order valence-corrected chi connectivity index (χ3v) is 6.35. The van der Waals surface area contributed by atoms with Crippen molar-refractivity contribution >= 4 is 39.7 Å². The van der Waals surface area contributed by atoms with E-state index in [1.165, 1.54) is 0 Å². The minimum Gasteiger partial charge on any atom is -0.378 e. The van der Waals surface area contributed by atoms with E-state index >= 15 is 0 Å². The lowest BCUT2D eigenvalue weighted by molar-refractivity contribution is 0.122. The molecule has 140 valence electrons. The number of hydrogen-bond acceptors (Lipinski definition) is 7. The summed E-state index contributed by atoms with van der Waals surface area (Å²) in [6.07, 6.45) is 2.88. The number of pyridine rings is 2. The van der Waals surface area contributed by atoms with Gasteiger partial charge in [0.25, 0.3) is 0 Å². The SMILES string of the molecule is Clc1ccc(-c2cc(N3CCOCC3)nc3c(C4CCNN4)nccc23)s1. The molecule has 2 fully saturated rings. The van der Waals surface area contributed by atoms with Gasteiger partial charge >= 0.3 is 0 Å². The van der Waals surface area contributed by atoms with Gasteiger partial charge in [-0.15, -0.1) is 11.3 Å². The number of halogens is 1. The highest BCUT2D eigenvalue weighted by molar-refractivity contribution is 7.19. The highest BCUT2D eigenvalue weighted by Gasteiger charge is 2.23. The summed E-state index contributed by atoms with van der Waals surface area (Å²) in [5.74, 6) is 0.977. The van der Waals surface area contributed by atoms with Crippen LogP contribution in [-0.4, -0.2) is 42.8 Å². The molecule has 8 heteroatoms. The molecule has 27 heavy (non-hydrogen) atoms. The van der Waals surface area contributed by atoms with Crippen LogP contribution < -0.4 is 15.8 Å². The summed E-state index contributed by atoms with van der Waals surface area (Å²) in [6.45, 7) is 4.09. The average molecular weight is 402 g/mol.